The monoisotopic (exact) mass is 195 g/mol. The van der Waals surface area contributed by atoms with Crippen molar-refractivity contribution in [1.82, 2.24) is 5.32 Å². The minimum Gasteiger partial charge on any atom is -0.314 e. The van der Waals surface area contributed by atoms with Gasteiger partial charge in [-0.05, 0) is 57.9 Å². The minimum absolute atomic E-state index is 0.810. The molecule has 0 aromatic carbocycles. The molecule has 1 fully saturated rings. The highest BCUT2D eigenvalue weighted by Gasteiger charge is 2.23. The lowest BCUT2D eigenvalue weighted by atomic mass is 9.99. The molecule has 1 saturated carbocycles. The quantitative estimate of drug-likeness (QED) is 0.640. The van der Waals surface area contributed by atoms with Gasteiger partial charge in [0.05, 0.1) is 0 Å². The van der Waals surface area contributed by atoms with Crippen molar-refractivity contribution in [2.24, 2.45) is 5.92 Å². The van der Waals surface area contributed by atoms with Crippen LogP contribution in [0.5, 0.6) is 0 Å². The second-order valence-corrected chi connectivity index (χ2v) is 4.83. The highest BCUT2D eigenvalue weighted by molar-refractivity contribution is 4.90. The first-order valence-corrected chi connectivity index (χ1v) is 6.10. The van der Waals surface area contributed by atoms with Crippen LogP contribution in [0.3, 0.4) is 0 Å². The summed E-state index contributed by atoms with van der Waals surface area (Å²) in [7, 11) is 0. The summed E-state index contributed by atoms with van der Waals surface area (Å²) in [6, 6.07) is 0.810. The van der Waals surface area contributed by atoms with Gasteiger partial charge in [-0.15, -0.1) is 6.58 Å². The van der Waals surface area contributed by atoms with E-state index in [9.17, 15) is 0 Å². The third-order valence-electron chi connectivity index (χ3n) is 3.20. The zero-order chi connectivity index (χ0) is 10.4. The predicted octanol–water partition coefficient (Wildman–Crippen LogP) is 3.51. The molecule has 0 amide bonds. The molecule has 82 valence electrons. The maximum atomic E-state index is 3.97. The summed E-state index contributed by atoms with van der Waals surface area (Å²) < 4.78 is 0. The summed E-state index contributed by atoms with van der Waals surface area (Å²) in [6.07, 6.45) is 8.06. The van der Waals surface area contributed by atoms with Crippen molar-refractivity contribution in [2.75, 3.05) is 6.54 Å². The van der Waals surface area contributed by atoms with Crippen molar-refractivity contribution in [2.45, 2.75) is 58.4 Å². The summed E-state index contributed by atoms with van der Waals surface area (Å²) in [5, 5.41) is 3.63. The van der Waals surface area contributed by atoms with Gasteiger partial charge in [0.2, 0.25) is 0 Å². The van der Waals surface area contributed by atoms with Crippen LogP contribution in [0.1, 0.15) is 52.4 Å². The fourth-order valence-corrected chi connectivity index (χ4v) is 2.32. The third-order valence-corrected chi connectivity index (χ3v) is 3.20. The Hall–Kier alpha value is -0.300. The standard InChI is InChI=1S/C13H25N/c1-4-9-14-13-8-7-12(10-13)6-5-11(2)3/h12-14H,2,4-10H2,1,3H3. The molecule has 2 unspecified atom stereocenters. The smallest absolute Gasteiger partial charge is 0.00698 e. The average Bonchev–Trinajstić information content (AvgIpc) is 2.59. The van der Waals surface area contributed by atoms with Crippen LogP contribution in [0.2, 0.25) is 0 Å². The van der Waals surface area contributed by atoms with Gasteiger partial charge in [0.15, 0.2) is 0 Å². The fraction of sp³-hybridized carbons (Fsp3) is 0.846. The lowest BCUT2D eigenvalue weighted by Gasteiger charge is -2.12. The summed E-state index contributed by atoms with van der Waals surface area (Å²) in [5.41, 5.74) is 1.34. The molecule has 0 saturated heterocycles. The Labute approximate surface area is 89.0 Å². The summed E-state index contributed by atoms with van der Waals surface area (Å²) >= 11 is 0. The zero-order valence-corrected chi connectivity index (χ0v) is 9.81. The van der Waals surface area contributed by atoms with Crippen LogP contribution < -0.4 is 5.32 Å². The van der Waals surface area contributed by atoms with E-state index in [4.69, 9.17) is 0 Å². The van der Waals surface area contributed by atoms with Crippen LogP contribution in [0, 0.1) is 5.92 Å². The predicted molar refractivity (Wildman–Crippen MR) is 63.5 cm³/mol. The zero-order valence-electron chi connectivity index (χ0n) is 9.81. The van der Waals surface area contributed by atoms with Gasteiger partial charge in [-0.1, -0.05) is 12.5 Å². The Morgan fingerprint density at radius 1 is 1.43 bits per heavy atom. The second kappa shape index (κ2) is 6.23. The van der Waals surface area contributed by atoms with Crippen molar-refractivity contribution in [3.8, 4) is 0 Å². The van der Waals surface area contributed by atoms with Gasteiger partial charge in [0.1, 0.15) is 0 Å². The van der Waals surface area contributed by atoms with E-state index in [-0.39, 0.29) is 0 Å². The Balaban J connectivity index is 2.10. The molecule has 1 N–H and O–H groups in total. The minimum atomic E-state index is 0.810. The molecule has 1 heteroatoms. The van der Waals surface area contributed by atoms with Gasteiger partial charge in [0, 0.05) is 6.04 Å². The molecular weight excluding hydrogens is 170 g/mol. The Morgan fingerprint density at radius 3 is 2.86 bits per heavy atom. The van der Waals surface area contributed by atoms with Gasteiger partial charge >= 0.3 is 0 Å². The van der Waals surface area contributed by atoms with Gasteiger partial charge in [-0.25, -0.2) is 0 Å². The molecule has 1 aliphatic rings. The average molecular weight is 195 g/mol. The number of hydrogen-bond donors (Lipinski definition) is 1. The molecule has 0 aliphatic heterocycles. The largest absolute Gasteiger partial charge is 0.314 e. The highest BCUT2D eigenvalue weighted by Crippen LogP contribution is 2.30. The molecule has 0 radical (unpaired) electrons. The molecule has 14 heavy (non-hydrogen) atoms. The first-order valence-electron chi connectivity index (χ1n) is 6.10. The van der Waals surface area contributed by atoms with E-state index < -0.39 is 0 Å². The van der Waals surface area contributed by atoms with Crippen molar-refractivity contribution in [3.05, 3.63) is 12.2 Å². The molecule has 0 aromatic heterocycles. The first kappa shape index (κ1) is 11.8. The van der Waals surface area contributed by atoms with Gasteiger partial charge in [0.25, 0.3) is 0 Å². The summed E-state index contributed by atoms with van der Waals surface area (Å²) in [4.78, 5) is 0. The van der Waals surface area contributed by atoms with E-state index in [1.807, 2.05) is 0 Å². The summed E-state index contributed by atoms with van der Waals surface area (Å²) in [6.45, 7) is 9.54. The Morgan fingerprint density at radius 2 is 2.21 bits per heavy atom. The normalized spacial score (nSPS) is 26.7. The Kier molecular flexibility index (Phi) is 5.24. The molecule has 1 rings (SSSR count). The van der Waals surface area contributed by atoms with Crippen molar-refractivity contribution < 1.29 is 0 Å². The molecular formula is C13H25N. The highest BCUT2D eigenvalue weighted by atomic mass is 14.9. The number of nitrogens with one attached hydrogen (secondary N) is 1. The number of rotatable bonds is 6. The van der Waals surface area contributed by atoms with E-state index >= 15 is 0 Å². The first-order chi connectivity index (χ1) is 6.72. The lowest BCUT2D eigenvalue weighted by molar-refractivity contribution is 0.464. The topological polar surface area (TPSA) is 12.0 Å². The van der Waals surface area contributed by atoms with Crippen LogP contribution in [0.25, 0.3) is 0 Å². The van der Waals surface area contributed by atoms with E-state index in [2.05, 4.69) is 25.7 Å². The molecule has 1 nitrogen and oxygen atoms in total. The van der Waals surface area contributed by atoms with Crippen molar-refractivity contribution in [1.29, 1.82) is 0 Å². The van der Waals surface area contributed by atoms with E-state index in [0.717, 1.165) is 12.0 Å². The van der Waals surface area contributed by atoms with Crippen LogP contribution in [-0.2, 0) is 0 Å². The molecule has 0 heterocycles. The van der Waals surface area contributed by atoms with Crippen molar-refractivity contribution in [3.63, 3.8) is 0 Å². The number of allylic oxidation sites excluding steroid dienone is 1. The van der Waals surface area contributed by atoms with Crippen LogP contribution in [-0.4, -0.2) is 12.6 Å². The van der Waals surface area contributed by atoms with Gasteiger partial charge in [-0.3, -0.25) is 0 Å². The van der Waals surface area contributed by atoms with Crippen LogP contribution in [0.4, 0.5) is 0 Å². The van der Waals surface area contributed by atoms with Crippen LogP contribution in [0.15, 0.2) is 12.2 Å². The van der Waals surface area contributed by atoms with Gasteiger partial charge < -0.3 is 5.32 Å². The molecule has 0 bridgehead atoms. The molecule has 0 spiro atoms. The SMILES string of the molecule is C=C(C)CCC1CCC(NCCC)C1. The van der Waals surface area contributed by atoms with E-state index in [1.165, 1.54) is 50.6 Å². The summed E-state index contributed by atoms with van der Waals surface area (Å²) in [5.74, 6) is 0.959. The van der Waals surface area contributed by atoms with E-state index in [0.29, 0.717) is 0 Å². The molecule has 1 aliphatic carbocycles. The van der Waals surface area contributed by atoms with Crippen LogP contribution >= 0.6 is 0 Å². The Bertz CT molecular complexity index is 174. The van der Waals surface area contributed by atoms with E-state index in [1.54, 1.807) is 0 Å². The third kappa shape index (κ3) is 4.28. The molecule has 0 aromatic rings. The van der Waals surface area contributed by atoms with Crippen molar-refractivity contribution >= 4 is 0 Å². The second-order valence-electron chi connectivity index (χ2n) is 4.83. The maximum Gasteiger partial charge on any atom is 0.00698 e. The lowest BCUT2D eigenvalue weighted by Crippen LogP contribution is -2.26. The number of hydrogen-bond acceptors (Lipinski definition) is 1. The molecule has 2 atom stereocenters. The van der Waals surface area contributed by atoms with Gasteiger partial charge in [-0.2, -0.15) is 0 Å². The maximum absolute atomic E-state index is 3.97. The fourth-order valence-electron chi connectivity index (χ4n) is 2.32.